The molecule has 90 valence electrons. The Morgan fingerprint density at radius 1 is 1.17 bits per heavy atom. The van der Waals surface area contributed by atoms with Crippen molar-refractivity contribution in [1.82, 2.24) is 0 Å². The number of aliphatic hydroxyl groups excluding tert-OH is 1. The number of Topliss-reactive ketones (excluding diaryl/α,β-unsaturated/α-hetero) is 1. The van der Waals surface area contributed by atoms with Gasteiger partial charge in [0.15, 0.2) is 5.70 Å². The molecule has 2 rings (SSSR count). The Morgan fingerprint density at radius 2 is 1.94 bits per heavy atom. The van der Waals surface area contributed by atoms with E-state index in [0.717, 1.165) is 0 Å². The zero-order valence-electron chi connectivity index (χ0n) is 9.35. The standard InChI is InChI=1S/C13H10N2O2S/c16-9-11(13(17)12-7-4-8-18-12)15-14-10-5-2-1-3-6-10/h1-9,16H/b11-9-,15-14?. The molecule has 1 heterocycles. The highest BCUT2D eigenvalue weighted by Crippen LogP contribution is 2.17. The molecule has 0 unspecified atom stereocenters. The minimum Gasteiger partial charge on any atom is -0.513 e. The Hall–Kier alpha value is -2.27. The van der Waals surface area contributed by atoms with Crippen LogP contribution in [0.5, 0.6) is 0 Å². The number of ketones is 1. The summed E-state index contributed by atoms with van der Waals surface area (Å²) in [5.41, 5.74) is 0.539. The molecule has 0 fully saturated rings. The first-order valence-corrected chi connectivity index (χ1v) is 6.08. The van der Waals surface area contributed by atoms with Crippen LogP contribution >= 0.6 is 11.3 Å². The maximum Gasteiger partial charge on any atom is 0.226 e. The molecular weight excluding hydrogens is 248 g/mol. The Balaban J connectivity index is 2.16. The predicted octanol–water partition coefficient (Wildman–Crippen LogP) is 4.11. The van der Waals surface area contributed by atoms with E-state index < -0.39 is 0 Å². The van der Waals surface area contributed by atoms with Crippen molar-refractivity contribution in [2.24, 2.45) is 10.2 Å². The number of rotatable bonds is 4. The minimum absolute atomic E-state index is 0.0821. The second-order valence-electron chi connectivity index (χ2n) is 3.36. The largest absolute Gasteiger partial charge is 0.513 e. The highest BCUT2D eigenvalue weighted by molar-refractivity contribution is 7.12. The van der Waals surface area contributed by atoms with Gasteiger partial charge in [0, 0.05) is 0 Å². The van der Waals surface area contributed by atoms with Crippen molar-refractivity contribution in [3.8, 4) is 0 Å². The molecule has 18 heavy (non-hydrogen) atoms. The smallest absolute Gasteiger partial charge is 0.226 e. The maximum atomic E-state index is 11.9. The number of thiophene rings is 1. The average Bonchev–Trinajstić information content (AvgIpc) is 2.94. The number of carbonyl (C=O) groups excluding carboxylic acids is 1. The summed E-state index contributed by atoms with van der Waals surface area (Å²) in [5, 5.41) is 18.5. The fraction of sp³-hybridized carbons (Fsp3) is 0. The Kier molecular flexibility index (Phi) is 3.98. The van der Waals surface area contributed by atoms with Gasteiger partial charge >= 0.3 is 0 Å². The van der Waals surface area contributed by atoms with Crippen LogP contribution in [0.2, 0.25) is 0 Å². The third-order valence-corrected chi connectivity index (χ3v) is 3.00. The third-order valence-electron chi connectivity index (χ3n) is 2.13. The van der Waals surface area contributed by atoms with E-state index in [1.807, 2.05) is 18.2 Å². The number of nitrogens with zero attached hydrogens (tertiary/aromatic N) is 2. The van der Waals surface area contributed by atoms with Crippen molar-refractivity contribution in [3.05, 3.63) is 64.7 Å². The zero-order valence-corrected chi connectivity index (χ0v) is 10.2. The lowest BCUT2D eigenvalue weighted by Gasteiger charge is -1.95. The van der Waals surface area contributed by atoms with E-state index in [-0.39, 0.29) is 11.5 Å². The van der Waals surface area contributed by atoms with Crippen LogP contribution < -0.4 is 0 Å². The first-order chi connectivity index (χ1) is 8.81. The van der Waals surface area contributed by atoms with Gasteiger partial charge in [0.25, 0.3) is 0 Å². The molecule has 0 bridgehead atoms. The first kappa shape index (κ1) is 12.2. The number of hydrogen-bond acceptors (Lipinski definition) is 5. The second kappa shape index (κ2) is 5.88. The molecule has 1 N–H and O–H groups in total. The Morgan fingerprint density at radius 3 is 2.56 bits per heavy atom. The molecule has 4 nitrogen and oxygen atoms in total. The van der Waals surface area contributed by atoms with E-state index in [1.54, 1.807) is 29.6 Å². The van der Waals surface area contributed by atoms with Crippen LogP contribution in [0.1, 0.15) is 9.67 Å². The van der Waals surface area contributed by atoms with Crippen LogP contribution in [0.25, 0.3) is 0 Å². The second-order valence-corrected chi connectivity index (χ2v) is 4.30. The monoisotopic (exact) mass is 258 g/mol. The molecule has 0 aliphatic carbocycles. The van der Waals surface area contributed by atoms with Crippen molar-refractivity contribution < 1.29 is 9.90 Å². The van der Waals surface area contributed by atoms with Gasteiger partial charge in [-0.2, -0.15) is 5.11 Å². The van der Waals surface area contributed by atoms with Crippen molar-refractivity contribution in [2.45, 2.75) is 0 Å². The van der Waals surface area contributed by atoms with Crippen LogP contribution in [0.4, 0.5) is 5.69 Å². The molecule has 0 aliphatic heterocycles. The number of azo groups is 1. The number of benzene rings is 1. The van der Waals surface area contributed by atoms with E-state index in [9.17, 15) is 4.79 Å². The van der Waals surface area contributed by atoms with Gasteiger partial charge in [-0.25, -0.2) is 0 Å². The summed E-state index contributed by atoms with van der Waals surface area (Å²) in [5.74, 6) is -0.341. The summed E-state index contributed by atoms with van der Waals surface area (Å²) in [6.45, 7) is 0. The highest BCUT2D eigenvalue weighted by atomic mass is 32.1. The topological polar surface area (TPSA) is 62.0 Å². The predicted molar refractivity (Wildman–Crippen MR) is 70.3 cm³/mol. The molecule has 0 atom stereocenters. The van der Waals surface area contributed by atoms with Crippen molar-refractivity contribution >= 4 is 22.8 Å². The van der Waals surface area contributed by atoms with Crippen LogP contribution in [-0.2, 0) is 0 Å². The number of hydrogen-bond donors (Lipinski definition) is 1. The van der Waals surface area contributed by atoms with Crippen molar-refractivity contribution in [2.75, 3.05) is 0 Å². The van der Waals surface area contributed by atoms with Crippen molar-refractivity contribution in [3.63, 3.8) is 0 Å². The van der Waals surface area contributed by atoms with E-state index in [2.05, 4.69) is 10.2 Å². The normalized spacial score (nSPS) is 11.9. The van der Waals surface area contributed by atoms with Gasteiger partial charge in [-0.1, -0.05) is 24.3 Å². The molecule has 0 aliphatic rings. The molecular formula is C13H10N2O2S. The average molecular weight is 258 g/mol. The van der Waals surface area contributed by atoms with Crippen LogP contribution in [-0.4, -0.2) is 10.9 Å². The quantitative estimate of drug-likeness (QED) is 0.388. The highest BCUT2D eigenvalue weighted by Gasteiger charge is 2.13. The lowest BCUT2D eigenvalue weighted by atomic mass is 10.2. The van der Waals surface area contributed by atoms with Gasteiger partial charge in [-0.05, 0) is 23.6 Å². The SMILES string of the molecule is O=C(/C(=C/O)N=Nc1ccccc1)c1cccs1. The Labute approximate surface area is 108 Å². The fourth-order valence-electron chi connectivity index (χ4n) is 1.27. The summed E-state index contributed by atoms with van der Waals surface area (Å²) >= 11 is 1.29. The molecule has 2 aromatic rings. The molecule has 1 aromatic carbocycles. The summed E-state index contributed by atoms with van der Waals surface area (Å²) in [6, 6.07) is 12.5. The molecule has 1 aromatic heterocycles. The van der Waals surface area contributed by atoms with E-state index in [4.69, 9.17) is 5.11 Å². The maximum absolute atomic E-state index is 11.9. The zero-order chi connectivity index (χ0) is 12.8. The van der Waals surface area contributed by atoms with Gasteiger partial charge in [-0.3, -0.25) is 4.79 Å². The number of carbonyl (C=O) groups is 1. The molecule has 0 saturated carbocycles. The van der Waals surface area contributed by atoms with Gasteiger partial charge in [-0.15, -0.1) is 16.5 Å². The summed E-state index contributed by atoms with van der Waals surface area (Å²) in [6.07, 6.45) is 0.675. The summed E-state index contributed by atoms with van der Waals surface area (Å²) < 4.78 is 0. The van der Waals surface area contributed by atoms with Gasteiger partial charge in [0.05, 0.1) is 10.6 Å². The molecule has 5 heteroatoms. The van der Waals surface area contributed by atoms with Crippen molar-refractivity contribution in [1.29, 1.82) is 0 Å². The Bertz CT molecular complexity index is 574. The minimum atomic E-state index is -0.341. The van der Waals surface area contributed by atoms with E-state index >= 15 is 0 Å². The summed E-state index contributed by atoms with van der Waals surface area (Å²) in [7, 11) is 0. The number of aliphatic hydroxyl groups is 1. The fourth-order valence-corrected chi connectivity index (χ4v) is 1.94. The van der Waals surface area contributed by atoms with Crippen LogP contribution in [0.15, 0.2) is 70.0 Å². The summed E-state index contributed by atoms with van der Waals surface area (Å²) in [4.78, 5) is 12.4. The molecule has 0 radical (unpaired) electrons. The first-order valence-electron chi connectivity index (χ1n) is 5.20. The van der Waals surface area contributed by atoms with Gasteiger partial charge < -0.3 is 5.11 Å². The van der Waals surface area contributed by atoms with Gasteiger partial charge in [0.2, 0.25) is 5.78 Å². The molecule has 0 amide bonds. The third kappa shape index (κ3) is 2.89. The molecule has 0 spiro atoms. The van der Waals surface area contributed by atoms with E-state index in [1.165, 1.54) is 11.3 Å². The van der Waals surface area contributed by atoms with Crippen LogP contribution in [0, 0.1) is 0 Å². The van der Waals surface area contributed by atoms with Gasteiger partial charge in [0.1, 0.15) is 6.26 Å². The molecule has 0 saturated heterocycles. The van der Waals surface area contributed by atoms with Crippen LogP contribution in [0.3, 0.4) is 0 Å². The lowest BCUT2D eigenvalue weighted by molar-refractivity contribution is 0.103. The number of allylic oxidation sites excluding steroid dienone is 1. The van der Waals surface area contributed by atoms with E-state index in [0.29, 0.717) is 16.8 Å². The lowest BCUT2D eigenvalue weighted by Crippen LogP contribution is -1.98.